The van der Waals surface area contributed by atoms with Gasteiger partial charge in [0.1, 0.15) is 5.56 Å². The Hall–Kier alpha value is -1.91. The quantitative estimate of drug-likeness (QED) is 0.641. The Balaban J connectivity index is 2.89. The Morgan fingerprint density at radius 1 is 1.07 bits per heavy atom. The van der Waals surface area contributed by atoms with Crippen molar-refractivity contribution in [2.45, 2.75) is 20.3 Å². The number of H-pyrrole nitrogens is 1. The van der Waals surface area contributed by atoms with Gasteiger partial charge in [-0.15, -0.1) is 0 Å². The first-order chi connectivity index (χ1) is 7.06. The first kappa shape index (κ1) is 9.64. The summed E-state index contributed by atoms with van der Waals surface area (Å²) >= 11 is 0. The molecule has 78 valence electrons. The van der Waals surface area contributed by atoms with Gasteiger partial charge in [0, 0.05) is 5.69 Å². The molecule has 2 rings (SSSR count). The molecular formula is C10H10N2O3. The molecule has 0 aliphatic carbocycles. The molecule has 0 aromatic carbocycles. The molecule has 1 aliphatic rings. The predicted octanol–water partition coefficient (Wildman–Crippen LogP) is 0.129. The van der Waals surface area contributed by atoms with E-state index in [1.165, 1.54) is 0 Å². The smallest absolute Gasteiger partial charge is 0.264 e. The van der Waals surface area contributed by atoms with E-state index in [0.29, 0.717) is 12.1 Å². The summed E-state index contributed by atoms with van der Waals surface area (Å²) in [6.07, 6.45) is 0.603. The third kappa shape index (κ3) is 1.20. The van der Waals surface area contributed by atoms with E-state index >= 15 is 0 Å². The molecule has 1 aromatic heterocycles. The van der Waals surface area contributed by atoms with E-state index in [2.05, 4.69) is 10.3 Å². The summed E-state index contributed by atoms with van der Waals surface area (Å²) in [6, 6.07) is 0. The van der Waals surface area contributed by atoms with Gasteiger partial charge in [-0.3, -0.25) is 19.7 Å². The summed E-state index contributed by atoms with van der Waals surface area (Å²) in [4.78, 5) is 36.9. The third-order valence-electron chi connectivity index (χ3n) is 2.57. The largest absolute Gasteiger partial charge is 0.326 e. The van der Waals surface area contributed by atoms with Crippen LogP contribution in [0.15, 0.2) is 4.79 Å². The van der Waals surface area contributed by atoms with E-state index in [1.54, 1.807) is 6.92 Å². The van der Waals surface area contributed by atoms with Gasteiger partial charge in [-0.05, 0) is 18.9 Å². The minimum Gasteiger partial charge on any atom is -0.326 e. The molecule has 5 heteroatoms. The molecule has 0 saturated carbocycles. The highest BCUT2D eigenvalue weighted by Gasteiger charge is 2.32. The molecule has 5 nitrogen and oxygen atoms in total. The molecule has 0 radical (unpaired) electrons. The molecule has 2 N–H and O–H groups in total. The second kappa shape index (κ2) is 3.05. The number of aryl methyl sites for hydroxylation is 1. The van der Waals surface area contributed by atoms with Crippen LogP contribution in [0.1, 0.15) is 38.9 Å². The summed E-state index contributed by atoms with van der Waals surface area (Å²) in [5.74, 6) is -1.08. The van der Waals surface area contributed by atoms with Crippen LogP contribution in [0.4, 0.5) is 0 Å². The Morgan fingerprint density at radius 3 is 2.27 bits per heavy atom. The Labute approximate surface area is 85.5 Å². The van der Waals surface area contributed by atoms with Crippen LogP contribution in [0, 0.1) is 6.92 Å². The maximum absolute atomic E-state index is 11.5. The number of carbonyl (C=O) groups is 2. The molecule has 2 heterocycles. The van der Waals surface area contributed by atoms with Crippen molar-refractivity contribution in [1.29, 1.82) is 0 Å². The average Bonchev–Trinajstić information content (AvgIpc) is 2.43. The SMILES string of the molecule is CCc1c(C)[nH]c(=O)c2c1C(=O)NC2=O. The van der Waals surface area contributed by atoms with Gasteiger partial charge in [0.05, 0.1) is 5.56 Å². The lowest BCUT2D eigenvalue weighted by atomic mass is 10.0. The maximum Gasteiger partial charge on any atom is 0.264 e. The molecule has 2 amide bonds. The second-order valence-corrected chi connectivity index (χ2v) is 3.44. The summed E-state index contributed by atoms with van der Waals surface area (Å²) in [6.45, 7) is 3.59. The predicted molar refractivity (Wildman–Crippen MR) is 53.0 cm³/mol. The van der Waals surface area contributed by atoms with Crippen LogP contribution in [0.2, 0.25) is 0 Å². The number of aromatic nitrogens is 1. The molecule has 0 spiro atoms. The number of fused-ring (bicyclic) bond motifs is 1. The van der Waals surface area contributed by atoms with Crippen molar-refractivity contribution in [1.82, 2.24) is 10.3 Å². The summed E-state index contributed by atoms with van der Waals surface area (Å²) in [5.41, 5.74) is 1.06. The van der Waals surface area contributed by atoms with Crippen molar-refractivity contribution in [3.63, 3.8) is 0 Å². The fourth-order valence-electron chi connectivity index (χ4n) is 1.90. The summed E-state index contributed by atoms with van der Waals surface area (Å²) < 4.78 is 0. The molecule has 1 aromatic rings. The van der Waals surface area contributed by atoms with Crippen molar-refractivity contribution < 1.29 is 9.59 Å². The van der Waals surface area contributed by atoms with Gasteiger partial charge in [-0.25, -0.2) is 0 Å². The number of nitrogens with one attached hydrogen (secondary N) is 2. The Kier molecular flexibility index (Phi) is 1.96. The van der Waals surface area contributed by atoms with Crippen LogP contribution in [0.25, 0.3) is 0 Å². The Morgan fingerprint density at radius 2 is 1.67 bits per heavy atom. The van der Waals surface area contributed by atoms with Crippen LogP contribution in [0.5, 0.6) is 0 Å². The van der Waals surface area contributed by atoms with Crippen LogP contribution in [-0.4, -0.2) is 16.8 Å². The van der Waals surface area contributed by atoms with Gasteiger partial charge >= 0.3 is 0 Å². The topological polar surface area (TPSA) is 79.0 Å². The number of aromatic amines is 1. The van der Waals surface area contributed by atoms with Crippen LogP contribution in [0.3, 0.4) is 0 Å². The molecule has 0 atom stereocenters. The zero-order chi connectivity index (χ0) is 11.2. The second-order valence-electron chi connectivity index (χ2n) is 3.44. The number of hydrogen-bond donors (Lipinski definition) is 2. The zero-order valence-electron chi connectivity index (χ0n) is 8.43. The van der Waals surface area contributed by atoms with Crippen molar-refractivity contribution in [3.05, 3.63) is 32.7 Å². The molecule has 0 saturated heterocycles. The molecule has 1 aliphatic heterocycles. The molecular weight excluding hydrogens is 196 g/mol. The maximum atomic E-state index is 11.5. The van der Waals surface area contributed by atoms with Crippen LogP contribution < -0.4 is 10.9 Å². The molecule has 15 heavy (non-hydrogen) atoms. The van der Waals surface area contributed by atoms with E-state index in [9.17, 15) is 14.4 Å². The van der Waals surface area contributed by atoms with Gasteiger partial charge < -0.3 is 4.98 Å². The van der Waals surface area contributed by atoms with E-state index in [1.807, 2.05) is 6.92 Å². The lowest BCUT2D eigenvalue weighted by molar-refractivity contribution is 0.0879. The van der Waals surface area contributed by atoms with Crippen molar-refractivity contribution in [2.75, 3.05) is 0 Å². The summed E-state index contributed by atoms with van der Waals surface area (Å²) in [5, 5.41) is 2.13. The first-order valence-electron chi connectivity index (χ1n) is 4.67. The van der Waals surface area contributed by atoms with Crippen molar-refractivity contribution in [3.8, 4) is 0 Å². The highest BCUT2D eigenvalue weighted by Crippen LogP contribution is 2.19. The van der Waals surface area contributed by atoms with E-state index in [0.717, 1.165) is 5.56 Å². The van der Waals surface area contributed by atoms with Crippen molar-refractivity contribution in [2.24, 2.45) is 0 Å². The van der Waals surface area contributed by atoms with Crippen LogP contribution >= 0.6 is 0 Å². The standard InChI is InChI=1S/C10H10N2O3/c1-3-5-4(2)11-9(14)7-6(5)8(13)12-10(7)15/h3H2,1-2H3,(H,11,14)(H,12,13,15). The highest BCUT2D eigenvalue weighted by molar-refractivity contribution is 6.22. The fourth-order valence-corrected chi connectivity index (χ4v) is 1.90. The number of carbonyl (C=O) groups excluding carboxylic acids is 2. The minimum absolute atomic E-state index is 0.0533. The first-order valence-corrected chi connectivity index (χ1v) is 4.67. The van der Waals surface area contributed by atoms with Crippen molar-refractivity contribution >= 4 is 11.8 Å². The summed E-state index contributed by atoms with van der Waals surface area (Å²) in [7, 11) is 0. The van der Waals surface area contributed by atoms with Gasteiger partial charge in [-0.2, -0.15) is 0 Å². The number of imide groups is 1. The number of hydrogen-bond acceptors (Lipinski definition) is 3. The molecule has 0 bridgehead atoms. The lowest BCUT2D eigenvalue weighted by Crippen LogP contribution is -2.23. The average molecular weight is 206 g/mol. The minimum atomic E-state index is -0.606. The normalized spacial score (nSPS) is 14.0. The molecule has 0 fully saturated rings. The zero-order valence-corrected chi connectivity index (χ0v) is 8.43. The van der Waals surface area contributed by atoms with Crippen LogP contribution in [-0.2, 0) is 6.42 Å². The van der Waals surface area contributed by atoms with Gasteiger partial charge in [0.25, 0.3) is 17.4 Å². The third-order valence-corrected chi connectivity index (χ3v) is 2.57. The highest BCUT2D eigenvalue weighted by atomic mass is 16.2. The van der Waals surface area contributed by atoms with Gasteiger partial charge in [0.15, 0.2) is 0 Å². The fraction of sp³-hybridized carbons (Fsp3) is 0.300. The molecule has 0 unspecified atom stereocenters. The number of pyridine rings is 1. The van der Waals surface area contributed by atoms with E-state index in [4.69, 9.17) is 0 Å². The van der Waals surface area contributed by atoms with E-state index < -0.39 is 17.4 Å². The van der Waals surface area contributed by atoms with E-state index in [-0.39, 0.29) is 11.1 Å². The Bertz CT molecular complexity index is 528. The monoisotopic (exact) mass is 206 g/mol. The van der Waals surface area contributed by atoms with Gasteiger partial charge in [-0.1, -0.05) is 6.92 Å². The number of rotatable bonds is 1. The van der Waals surface area contributed by atoms with Gasteiger partial charge in [0.2, 0.25) is 0 Å². The lowest BCUT2D eigenvalue weighted by Gasteiger charge is -2.05. The number of amides is 2.